The Morgan fingerprint density at radius 3 is 2.13 bits per heavy atom. The predicted molar refractivity (Wildman–Crippen MR) is 69.3 cm³/mol. The summed E-state index contributed by atoms with van der Waals surface area (Å²) in [5.41, 5.74) is 0. The summed E-state index contributed by atoms with van der Waals surface area (Å²) in [7, 11) is 2.25. The number of likely N-dealkylation sites (N-methyl/N-ethyl adjacent to an activating group) is 1. The molecule has 0 aromatic heterocycles. The molecule has 0 aliphatic rings. The quantitative estimate of drug-likeness (QED) is 0.625. The van der Waals surface area contributed by atoms with Crippen molar-refractivity contribution in [2.45, 2.75) is 47.1 Å². The van der Waals surface area contributed by atoms with Gasteiger partial charge in [-0.05, 0) is 31.8 Å². The SMILES string of the molecule is CCCNCC(C(C)C)N(C)CC(C)C. The molecule has 2 heteroatoms. The summed E-state index contributed by atoms with van der Waals surface area (Å²) < 4.78 is 0. The molecule has 1 atom stereocenters. The lowest BCUT2D eigenvalue weighted by Gasteiger charge is -2.32. The molecule has 0 bridgehead atoms. The summed E-state index contributed by atoms with van der Waals surface area (Å²) >= 11 is 0. The molecule has 0 aliphatic carbocycles. The molecule has 1 N–H and O–H groups in total. The lowest BCUT2D eigenvalue weighted by Crippen LogP contribution is -2.45. The summed E-state index contributed by atoms with van der Waals surface area (Å²) in [6.45, 7) is 14.9. The first-order chi connectivity index (χ1) is 6.99. The molecule has 0 radical (unpaired) electrons. The second kappa shape index (κ2) is 8.12. The number of nitrogens with zero attached hydrogens (tertiary/aromatic N) is 1. The van der Waals surface area contributed by atoms with Crippen molar-refractivity contribution in [1.29, 1.82) is 0 Å². The monoisotopic (exact) mass is 214 g/mol. The van der Waals surface area contributed by atoms with E-state index in [1.54, 1.807) is 0 Å². The molecule has 1 unspecified atom stereocenters. The van der Waals surface area contributed by atoms with Crippen LogP contribution >= 0.6 is 0 Å². The van der Waals surface area contributed by atoms with Crippen molar-refractivity contribution in [3.05, 3.63) is 0 Å². The van der Waals surface area contributed by atoms with Crippen LogP contribution in [0.1, 0.15) is 41.0 Å². The Hall–Kier alpha value is -0.0800. The van der Waals surface area contributed by atoms with Gasteiger partial charge in [0.1, 0.15) is 0 Å². The van der Waals surface area contributed by atoms with E-state index in [1.165, 1.54) is 13.0 Å². The van der Waals surface area contributed by atoms with Gasteiger partial charge in [-0.25, -0.2) is 0 Å². The summed E-state index contributed by atoms with van der Waals surface area (Å²) in [5, 5.41) is 3.53. The highest BCUT2D eigenvalue weighted by Gasteiger charge is 2.18. The Balaban J connectivity index is 4.01. The Kier molecular flexibility index (Phi) is 8.07. The third kappa shape index (κ3) is 6.91. The van der Waals surface area contributed by atoms with Crippen molar-refractivity contribution >= 4 is 0 Å². The maximum atomic E-state index is 3.53. The van der Waals surface area contributed by atoms with E-state index >= 15 is 0 Å². The minimum Gasteiger partial charge on any atom is -0.315 e. The van der Waals surface area contributed by atoms with Crippen molar-refractivity contribution in [3.63, 3.8) is 0 Å². The maximum Gasteiger partial charge on any atom is 0.0240 e. The zero-order valence-corrected chi connectivity index (χ0v) is 11.5. The molecule has 0 spiro atoms. The van der Waals surface area contributed by atoms with E-state index in [1.807, 2.05) is 0 Å². The highest BCUT2D eigenvalue weighted by Crippen LogP contribution is 2.10. The van der Waals surface area contributed by atoms with Gasteiger partial charge in [0.25, 0.3) is 0 Å². The van der Waals surface area contributed by atoms with Gasteiger partial charge in [0.2, 0.25) is 0 Å². The van der Waals surface area contributed by atoms with Crippen molar-refractivity contribution < 1.29 is 0 Å². The Labute approximate surface area is 96.4 Å². The molecule has 0 saturated heterocycles. The molecule has 0 heterocycles. The van der Waals surface area contributed by atoms with Crippen LogP contribution in [0.2, 0.25) is 0 Å². The first-order valence-corrected chi connectivity index (χ1v) is 6.40. The first-order valence-electron chi connectivity index (χ1n) is 6.40. The average Bonchev–Trinajstić information content (AvgIpc) is 2.10. The molecule has 0 aromatic carbocycles. The number of hydrogen-bond acceptors (Lipinski definition) is 2. The summed E-state index contributed by atoms with van der Waals surface area (Å²) in [6, 6.07) is 0.666. The fraction of sp³-hybridized carbons (Fsp3) is 1.00. The fourth-order valence-corrected chi connectivity index (χ4v) is 2.04. The number of hydrogen-bond donors (Lipinski definition) is 1. The van der Waals surface area contributed by atoms with E-state index in [4.69, 9.17) is 0 Å². The topological polar surface area (TPSA) is 15.3 Å². The van der Waals surface area contributed by atoms with E-state index in [9.17, 15) is 0 Å². The molecule has 0 rings (SSSR count). The van der Waals surface area contributed by atoms with Crippen LogP contribution < -0.4 is 5.32 Å². The molecule has 0 fully saturated rings. The van der Waals surface area contributed by atoms with Gasteiger partial charge < -0.3 is 10.2 Å². The van der Waals surface area contributed by atoms with E-state index < -0.39 is 0 Å². The maximum absolute atomic E-state index is 3.53. The van der Waals surface area contributed by atoms with Gasteiger partial charge in [-0.15, -0.1) is 0 Å². The third-order valence-corrected chi connectivity index (χ3v) is 2.77. The van der Waals surface area contributed by atoms with Gasteiger partial charge in [0, 0.05) is 19.1 Å². The predicted octanol–water partition coefficient (Wildman–Crippen LogP) is 2.60. The van der Waals surface area contributed by atoms with E-state index in [0.717, 1.165) is 24.9 Å². The highest BCUT2D eigenvalue weighted by molar-refractivity contribution is 4.75. The minimum atomic E-state index is 0.666. The van der Waals surface area contributed by atoms with E-state index in [0.29, 0.717) is 6.04 Å². The standard InChI is InChI=1S/C13H30N2/c1-7-8-14-9-13(12(4)5)15(6)10-11(2)3/h11-14H,7-10H2,1-6H3. The van der Waals surface area contributed by atoms with Gasteiger partial charge in [0.15, 0.2) is 0 Å². The molecular formula is C13H30N2. The van der Waals surface area contributed by atoms with Crippen molar-refractivity contribution in [2.75, 3.05) is 26.7 Å². The Morgan fingerprint density at radius 2 is 1.73 bits per heavy atom. The summed E-state index contributed by atoms with van der Waals surface area (Å²) in [4.78, 5) is 2.50. The minimum absolute atomic E-state index is 0.666. The molecule has 0 aromatic rings. The van der Waals surface area contributed by atoms with Crippen molar-refractivity contribution in [1.82, 2.24) is 10.2 Å². The molecule has 0 aliphatic heterocycles. The van der Waals surface area contributed by atoms with Gasteiger partial charge in [0.05, 0.1) is 0 Å². The number of nitrogens with one attached hydrogen (secondary N) is 1. The Bertz CT molecular complexity index is 143. The van der Waals surface area contributed by atoms with E-state index in [2.05, 4.69) is 51.9 Å². The van der Waals surface area contributed by atoms with Crippen molar-refractivity contribution in [2.24, 2.45) is 11.8 Å². The summed E-state index contributed by atoms with van der Waals surface area (Å²) in [6.07, 6.45) is 1.22. The largest absolute Gasteiger partial charge is 0.315 e. The van der Waals surface area contributed by atoms with Crippen LogP contribution in [0.5, 0.6) is 0 Å². The molecule has 92 valence electrons. The smallest absolute Gasteiger partial charge is 0.0240 e. The zero-order chi connectivity index (χ0) is 11.8. The van der Waals surface area contributed by atoms with Crippen LogP contribution in [0.15, 0.2) is 0 Å². The summed E-state index contributed by atoms with van der Waals surface area (Å²) in [5.74, 6) is 1.47. The number of rotatable bonds is 8. The van der Waals surface area contributed by atoms with Crippen LogP contribution in [0.3, 0.4) is 0 Å². The van der Waals surface area contributed by atoms with Crippen LogP contribution in [-0.2, 0) is 0 Å². The highest BCUT2D eigenvalue weighted by atomic mass is 15.2. The van der Waals surface area contributed by atoms with Gasteiger partial charge >= 0.3 is 0 Å². The molecule has 15 heavy (non-hydrogen) atoms. The second-order valence-corrected chi connectivity index (χ2v) is 5.35. The van der Waals surface area contributed by atoms with Gasteiger partial charge in [-0.2, -0.15) is 0 Å². The molecule has 0 amide bonds. The lowest BCUT2D eigenvalue weighted by molar-refractivity contribution is 0.170. The second-order valence-electron chi connectivity index (χ2n) is 5.35. The van der Waals surface area contributed by atoms with Crippen LogP contribution in [0.4, 0.5) is 0 Å². The van der Waals surface area contributed by atoms with Crippen LogP contribution in [0.25, 0.3) is 0 Å². The molecule has 0 saturated carbocycles. The lowest BCUT2D eigenvalue weighted by atomic mass is 10.0. The third-order valence-electron chi connectivity index (χ3n) is 2.77. The first kappa shape index (κ1) is 14.9. The van der Waals surface area contributed by atoms with Gasteiger partial charge in [-0.3, -0.25) is 0 Å². The van der Waals surface area contributed by atoms with E-state index in [-0.39, 0.29) is 0 Å². The van der Waals surface area contributed by atoms with Gasteiger partial charge in [-0.1, -0.05) is 34.6 Å². The zero-order valence-electron chi connectivity index (χ0n) is 11.5. The Morgan fingerprint density at radius 1 is 1.13 bits per heavy atom. The normalized spacial score (nSPS) is 14.2. The van der Waals surface area contributed by atoms with Crippen molar-refractivity contribution in [3.8, 4) is 0 Å². The fourth-order valence-electron chi connectivity index (χ4n) is 2.04. The van der Waals surface area contributed by atoms with Crippen LogP contribution in [0, 0.1) is 11.8 Å². The van der Waals surface area contributed by atoms with Crippen LogP contribution in [-0.4, -0.2) is 37.6 Å². The molecule has 2 nitrogen and oxygen atoms in total. The molecular weight excluding hydrogens is 184 g/mol. The average molecular weight is 214 g/mol.